The van der Waals surface area contributed by atoms with Gasteiger partial charge >= 0.3 is 5.97 Å². The van der Waals surface area contributed by atoms with Crippen molar-refractivity contribution in [1.29, 1.82) is 0 Å². The molecule has 32 heavy (non-hydrogen) atoms. The quantitative estimate of drug-likeness (QED) is 0.405. The number of nitrogens with one attached hydrogen (secondary N) is 1. The first kappa shape index (κ1) is 23.0. The van der Waals surface area contributed by atoms with Gasteiger partial charge in [0, 0.05) is 44.3 Å². The van der Waals surface area contributed by atoms with Gasteiger partial charge in [0.1, 0.15) is 11.5 Å². The summed E-state index contributed by atoms with van der Waals surface area (Å²) in [5, 5.41) is 4.10. The van der Waals surface area contributed by atoms with Gasteiger partial charge in [-0.05, 0) is 18.9 Å². The van der Waals surface area contributed by atoms with Crippen LogP contribution in [0.4, 0.5) is 0 Å². The number of esters is 1. The number of aromatic nitrogens is 2. The van der Waals surface area contributed by atoms with E-state index < -0.39 is 5.97 Å². The average Bonchev–Trinajstić information content (AvgIpc) is 3.38. The first-order valence-electron chi connectivity index (χ1n) is 10.4. The van der Waals surface area contributed by atoms with Gasteiger partial charge in [0.25, 0.3) is 0 Å². The zero-order chi connectivity index (χ0) is 23.3. The Kier molecular flexibility index (Phi) is 7.25. The Morgan fingerprint density at radius 2 is 1.91 bits per heavy atom. The minimum atomic E-state index is -0.573. The van der Waals surface area contributed by atoms with Crippen molar-refractivity contribution in [2.45, 2.75) is 33.1 Å². The molecule has 3 aromatic rings. The maximum atomic E-state index is 12.7. The molecule has 0 aliphatic carbocycles. The number of hydrogen-bond acceptors (Lipinski definition) is 6. The van der Waals surface area contributed by atoms with E-state index in [2.05, 4.69) is 10.1 Å². The summed E-state index contributed by atoms with van der Waals surface area (Å²) in [4.78, 5) is 41.3. The van der Waals surface area contributed by atoms with Gasteiger partial charge in [-0.15, -0.1) is 0 Å². The van der Waals surface area contributed by atoms with Gasteiger partial charge in [0.15, 0.2) is 5.78 Å². The van der Waals surface area contributed by atoms with Gasteiger partial charge in [-0.3, -0.25) is 9.59 Å². The van der Waals surface area contributed by atoms with E-state index in [1.54, 1.807) is 18.9 Å². The molecular formula is C24H27N3O5. The van der Waals surface area contributed by atoms with Crippen LogP contribution in [0.25, 0.3) is 11.3 Å². The van der Waals surface area contributed by atoms with Gasteiger partial charge in [-0.1, -0.05) is 35.5 Å². The number of ketones is 1. The third-order valence-corrected chi connectivity index (χ3v) is 5.37. The second-order valence-corrected chi connectivity index (χ2v) is 7.67. The number of hydrogen-bond donors (Lipinski definition) is 1. The number of nitrogens with zero attached hydrogens (tertiary/aromatic N) is 2. The molecule has 0 atom stereocenters. The van der Waals surface area contributed by atoms with Crippen molar-refractivity contribution < 1.29 is 23.6 Å². The fourth-order valence-corrected chi connectivity index (χ4v) is 3.60. The Morgan fingerprint density at radius 3 is 2.56 bits per heavy atom. The maximum absolute atomic E-state index is 12.7. The van der Waals surface area contributed by atoms with Crippen LogP contribution in [0.5, 0.6) is 0 Å². The molecule has 1 aromatic carbocycles. The van der Waals surface area contributed by atoms with E-state index in [1.807, 2.05) is 36.4 Å². The average molecular weight is 437 g/mol. The third kappa shape index (κ3) is 5.14. The van der Waals surface area contributed by atoms with Crippen LogP contribution in [0.15, 0.2) is 40.9 Å². The van der Waals surface area contributed by atoms with E-state index in [1.165, 1.54) is 14.0 Å². The summed E-state index contributed by atoms with van der Waals surface area (Å²) >= 11 is 0. The third-order valence-electron chi connectivity index (χ3n) is 5.37. The largest absolute Gasteiger partial charge is 0.465 e. The van der Waals surface area contributed by atoms with Crippen molar-refractivity contribution in [3.63, 3.8) is 0 Å². The smallest absolute Gasteiger partial charge is 0.339 e. The molecule has 1 N–H and O–H groups in total. The second-order valence-electron chi connectivity index (χ2n) is 7.67. The molecule has 0 spiro atoms. The first-order chi connectivity index (χ1) is 15.3. The van der Waals surface area contributed by atoms with Crippen molar-refractivity contribution in [3.8, 4) is 11.3 Å². The number of Topliss-reactive ketones (excluding diaryl/α,β-unsaturated/α-hetero) is 1. The Balaban J connectivity index is 1.59. The number of H-pyrrole nitrogens is 1. The van der Waals surface area contributed by atoms with Gasteiger partial charge in [-0.2, -0.15) is 0 Å². The summed E-state index contributed by atoms with van der Waals surface area (Å²) in [5.41, 5.74) is 3.21. The topological polar surface area (TPSA) is 106 Å². The predicted molar refractivity (Wildman–Crippen MR) is 118 cm³/mol. The van der Waals surface area contributed by atoms with Crippen molar-refractivity contribution in [2.75, 3.05) is 20.7 Å². The highest BCUT2D eigenvalue weighted by Crippen LogP contribution is 2.22. The van der Waals surface area contributed by atoms with E-state index in [4.69, 9.17) is 9.26 Å². The molecular weight excluding hydrogens is 410 g/mol. The van der Waals surface area contributed by atoms with Crippen molar-refractivity contribution in [3.05, 3.63) is 64.7 Å². The molecule has 2 heterocycles. The molecule has 0 aliphatic heterocycles. The minimum absolute atomic E-state index is 0.0322. The zero-order valence-electron chi connectivity index (χ0n) is 18.7. The number of carbonyl (C=O) groups excluding carboxylic acids is 3. The SMILES string of the molecule is COC(=O)c1c(CC(=O)N(C)CCCc2cc(-c3ccccc3)no2)[nH]c(C(C)=O)c1C. The maximum Gasteiger partial charge on any atom is 0.339 e. The number of likely N-dealkylation sites (N-methyl/N-ethyl adjacent to an activating group) is 1. The molecule has 8 nitrogen and oxygen atoms in total. The minimum Gasteiger partial charge on any atom is -0.465 e. The van der Waals surface area contributed by atoms with Crippen molar-refractivity contribution >= 4 is 17.7 Å². The van der Waals surface area contributed by atoms with E-state index >= 15 is 0 Å². The number of aryl methyl sites for hydroxylation is 1. The lowest BCUT2D eigenvalue weighted by atomic mass is 10.1. The molecule has 0 fully saturated rings. The Bertz CT molecular complexity index is 1110. The normalized spacial score (nSPS) is 10.8. The number of ether oxygens (including phenoxy) is 1. The molecule has 0 unspecified atom stereocenters. The predicted octanol–water partition coefficient (Wildman–Crippen LogP) is 3.60. The Labute approximate surface area is 186 Å². The van der Waals surface area contributed by atoms with Crippen LogP contribution in [-0.4, -0.2) is 53.4 Å². The van der Waals surface area contributed by atoms with Crippen LogP contribution in [0.3, 0.4) is 0 Å². The molecule has 8 heteroatoms. The van der Waals surface area contributed by atoms with Crippen LogP contribution < -0.4 is 0 Å². The molecule has 2 aromatic heterocycles. The molecule has 0 radical (unpaired) electrons. The van der Waals surface area contributed by atoms with Crippen molar-refractivity contribution in [2.24, 2.45) is 0 Å². The Hall–Kier alpha value is -3.68. The van der Waals surface area contributed by atoms with Gasteiger partial charge < -0.3 is 19.1 Å². The highest BCUT2D eigenvalue weighted by Gasteiger charge is 2.25. The number of methoxy groups -OCH3 is 1. The van der Waals surface area contributed by atoms with Crippen LogP contribution >= 0.6 is 0 Å². The molecule has 0 saturated heterocycles. The summed E-state index contributed by atoms with van der Waals surface area (Å²) in [5.74, 6) is -0.198. The van der Waals surface area contributed by atoms with E-state index in [0.717, 1.165) is 17.0 Å². The highest BCUT2D eigenvalue weighted by molar-refractivity contribution is 6.01. The lowest BCUT2D eigenvalue weighted by Gasteiger charge is -2.16. The van der Waals surface area contributed by atoms with Crippen LogP contribution in [0.1, 0.15) is 51.2 Å². The van der Waals surface area contributed by atoms with Crippen LogP contribution in [-0.2, 0) is 22.4 Å². The number of carbonyl (C=O) groups is 3. The summed E-state index contributed by atoms with van der Waals surface area (Å²) in [6.45, 7) is 3.58. The van der Waals surface area contributed by atoms with E-state index in [9.17, 15) is 14.4 Å². The highest BCUT2D eigenvalue weighted by atomic mass is 16.5. The molecule has 0 aliphatic rings. The van der Waals surface area contributed by atoms with Crippen molar-refractivity contribution in [1.82, 2.24) is 15.0 Å². The fraction of sp³-hybridized carbons (Fsp3) is 0.333. The first-order valence-corrected chi connectivity index (χ1v) is 10.4. The Morgan fingerprint density at radius 1 is 1.19 bits per heavy atom. The zero-order valence-corrected chi connectivity index (χ0v) is 18.7. The number of benzene rings is 1. The summed E-state index contributed by atoms with van der Waals surface area (Å²) in [6, 6.07) is 11.7. The second kappa shape index (κ2) is 10.1. The number of aromatic amines is 1. The molecule has 1 amide bonds. The monoisotopic (exact) mass is 437 g/mol. The lowest BCUT2D eigenvalue weighted by molar-refractivity contribution is -0.129. The van der Waals surface area contributed by atoms with Gasteiger partial charge in [0.2, 0.25) is 5.91 Å². The van der Waals surface area contributed by atoms with E-state index in [-0.39, 0.29) is 23.7 Å². The fourth-order valence-electron chi connectivity index (χ4n) is 3.60. The molecule has 168 valence electrons. The standard InChI is InChI=1S/C24H27N3O5/c1-15-22(24(30)31-4)20(25-23(15)16(2)28)14-21(29)27(3)12-8-11-18-13-19(26-32-18)17-9-6-5-7-10-17/h5-7,9-10,13,25H,8,11-12,14H2,1-4H3. The molecule has 0 bridgehead atoms. The summed E-state index contributed by atoms with van der Waals surface area (Å²) < 4.78 is 10.2. The molecule has 3 rings (SSSR count). The number of amides is 1. The number of rotatable bonds is 9. The van der Waals surface area contributed by atoms with Gasteiger partial charge in [0.05, 0.1) is 24.8 Å². The van der Waals surface area contributed by atoms with Crippen LogP contribution in [0.2, 0.25) is 0 Å². The summed E-state index contributed by atoms with van der Waals surface area (Å²) in [7, 11) is 2.98. The lowest BCUT2D eigenvalue weighted by Crippen LogP contribution is -2.30. The summed E-state index contributed by atoms with van der Waals surface area (Å²) in [6.07, 6.45) is 1.30. The van der Waals surface area contributed by atoms with Gasteiger partial charge in [-0.25, -0.2) is 4.79 Å². The molecule has 0 saturated carbocycles. The van der Waals surface area contributed by atoms with Crippen LogP contribution in [0, 0.1) is 6.92 Å². The van der Waals surface area contributed by atoms with E-state index in [0.29, 0.717) is 36.3 Å².